The Bertz CT molecular complexity index is 867. The standard InChI is InChI=1S/C23H35N3O5S/c1-12(2)32-19-18(31-26-21(19)30-11-22(3,4)10-16(24)27)20(28)25-17-14-5-13-6-15(17)9-23(29,7-13)8-14/h12-15,17,29H,5-11H2,1-4H3,(H2,24,27)(H,25,28)/t13?,14?,15?,17-,23-. The van der Waals surface area contributed by atoms with E-state index in [9.17, 15) is 14.7 Å². The second-order valence-electron chi connectivity index (χ2n) is 11.1. The number of primary amides is 1. The van der Waals surface area contributed by atoms with Crippen LogP contribution in [0.4, 0.5) is 0 Å². The second-order valence-corrected chi connectivity index (χ2v) is 12.7. The van der Waals surface area contributed by atoms with Crippen LogP contribution in [0.1, 0.15) is 76.8 Å². The quantitative estimate of drug-likeness (QED) is 0.478. The molecule has 2 amide bonds. The maximum Gasteiger partial charge on any atom is 0.291 e. The van der Waals surface area contributed by atoms with Gasteiger partial charge in [0.05, 0.1) is 12.2 Å². The molecular weight excluding hydrogens is 430 g/mol. The first-order chi connectivity index (χ1) is 14.9. The van der Waals surface area contributed by atoms with Gasteiger partial charge in [-0.25, -0.2) is 0 Å². The zero-order valence-electron chi connectivity index (χ0n) is 19.3. The van der Waals surface area contributed by atoms with E-state index in [2.05, 4.69) is 10.5 Å². The largest absolute Gasteiger partial charge is 0.474 e. The van der Waals surface area contributed by atoms with Crippen molar-refractivity contribution in [2.75, 3.05) is 6.61 Å². The van der Waals surface area contributed by atoms with Crippen molar-refractivity contribution >= 4 is 23.6 Å². The molecule has 4 saturated carbocycles. The summed E-state index contributed by atoms with van der Waals surface area (Å²) in [5.41, 5.74) is 4.33. The summed E-state index contributed by atoms with van der Waals surface area (Å²) in [4.78, 5) is 25.1. The maximum absolute atomic E-state index is 13.2. The van der Waals surface area contributed by atoms with E-state index in [4.69, 9.17) is 15.0 Å². The van der Waals surface area contributed by atoms with Crippen molar-refractivity contribution in [1.29, 1.82) is 0 Å². The molecule has 4 aliphatic rings. The number of thioether (sulfide) groups is 1. The number of ether oxygens (including phenoxy) is 1. The number of aliphatic hydroxyl groups is 1. The molecule has 1 heterocycles. The molecule has 9 heteroatoms. The van der Waals surface area contributed by atoms with Gasteiger partial charge < -0.3 is 25.4 Å². The highest BCUT2D eigenvalue weighted by molar-refractivity contribution is 8.00. The predicted molar refractivity (Wildman–Crippen MR) is 120 cm³/mol. The Morgan fingerprint density at radius 2 is 1.97 bits per heavy atom. The first kappa shape index (κ1) is 23.4. The number of rotatable bonds is 9. The number of amides is 2. The second kappa shape index (κ2) is 8.56. The van der Waals surface area contributed by atoms with Crippen LogP contribution in [0.2, 0.25) is 0 Å². The van der Waals surface area contributed by atoms with Gasteiger partial charge in [-0.1, -0.05) is 27.7 Å². The Hall–Kier alpha value is -1.74. The van der Waals surface area contributed by atoms with E-state index >= 15 is 0 Å². The third-order valence-electron chi connectivity index (χ3n) is 6.97. The molecule has 8 nitrogen and oxygen atoms in total. The van der Waals surface area contributed by atoms with Crippen LogP contribution in [0, 0.1) is 23.2 Å². The number of nitrogens with two attached hydrogens (primary N) is 1. The third kappa shape index (κ3) is 4.93. The van der Waals surface area contributed by atoms with Crippen molar-refractivity contribution in [3.63, 3.8) is 0 Å². The lowest BCUT2D eigenvalue weighted by Gasteiger charge is -2.58. The van der Waals surface area contributed by atoms with Gasteiger partial charge in [0.25, 0.3) is 11.8 Å². The van der Waals surface area contributed by atoms with Crippen LogP contribution in [0.3, 0.4) is 0 Å². The predicted octanol–water partition coefficient (Wildman–Crippen LogP) is 3.12. The molecule has 4 bridgehead atoms. The number of nitrogens with zero attached hydrogens (tertiary/aromatic N) is 1. The van der Waals surface area contributed by atoms with Crippen molar-refractivity contribution < 1.29 is 24.0 Å². The van der Waals surface area contributed by atoms with Crippen molar-refractivity contribution in [3.8, 4) is 5.88 Å². The fourth-order valence-corrected chi connectivity index (χ4v) is 6.97. The van der Waals surface area contributed by atoms with Crippen LogP contribution < -0.4 is 15.8 Å². The monoisotopic (exact) mass is 465 g/mol. The Kier molecular flexibility index (Phi) is 6.26. The highest BCUT2D eigenvalue weighted by Gasteiger charge is 2.55. The summed E-state index contributed by atoms with van der Waals surface area (Å²) in [6.07, 6.45) is 4.75. The molecule has 178 valence electrons. The molecule has 0 spiro atoms. The van der Waals surface area contributed by atoms with E-state index in [0.29, 0.717) is 22.6 Å². The van der Waals surface area contributed by atoms with Gasteiger partial charge in [-0.05, 0) is 55.0 Å². The third-order valence-corrected chi connectivity index (χ3v) is 8.04. The molecule has 0 aromatic carbocycles. The molecule has 0 saturated heterocycles. The van der Waals surface area contributed by atoms with Crippen LogP contribution in [-0.4, -0.2) is 45.6 Å². The van der Waals surface area contributed by atoms with Crippen LogP contribution in [0.25, 0.3) is 0 Å². The Balaban J connectivity index is 1.48. The van der Waals surface area contributed by atoms with Crippen LogP contribution in [0.5, 0.6) is 5.88 Å². The number of carbonyl (C=O) groups is 2. The number of hydrogen-bond acceptors (Lipinski definition) is 7. The van der Waals surface area contributed by atoms with Crippen LogP contribution in [0.15, 0.2) is 9.42 Å². The topological polar surface area (TPSA) is 128 Å². The van der Waals surface area contributed by atoms with Crippen molar-refractivity contribution in [1.82, 2.24) is 10.5 Å². The summed E-state index contributed by atoms with van der Waals surface area (Å²) in [7, 11) is 0. The number of nitrogens with one attached hydrogen (secondary N) is 1. The molecule has 1 aromatic rings. The summed E-state index contributed by atoms with van der Waals surface area (Å²) in [5.74, 6) is 0.957. The number of carbonyl (C=O) groups excluding carboxylic acids is 2. The smallest absolute Gasteiger partial charge is 0.291 e. The zero-order valence-corrected chi connectivity index (χ0v) is 20.2. The minimum absolute atomic E-state index is 0.0557. The summed E-state index contributed by atoms with van der Waals surface area (Å²) >= 11 is 1.47. The molecule has 2 unspecified atom stereocenters. The van der Waals surface area contributed by atoms with E-state index in [1.54, 1.807) is 0 Å². The van der Waals surface area contributed by atoms with E-state index in [0.717, 1.165) is 32.1 Å². The Morgan fingerprint density at radius 1 is 1.31 bits per heavy atom. The van der Waals surface area contributed by atoms with Gasteiger partial charge in [-0.15, -0.1) is 11.8 Å². The zero-order chi connectivity index (χ0) is 23.3. The van der Waals surface area contributed by atoms with Crippen LogP contribution in [-0.2, 0) is 4.79 Å². The fourth-order valence-electron chi connectivity index (χ4n) is 6.06. The lowest BCUT2D eigenvalue weighted by atomic mass is 9.52. The molecule has 1 aromatic heterocycles. The van der Waals surface area contributed by atoms with Crippen molar-refractivity contribution in [2.45, 2.75) is 88.0 Å². The Labute approximate surface area is 193 Å². The van der Waals surface area contributed by atoms with E-state index in [-0.39, 0.29) is 41.9 Å². The maximum atomic E-state index is 13.2. The number of hydrogen-bond donors (Lipinski definition) is 3. The van der Waals surface area contributed by atoms with Crippen LogP contribution >= 0.6 is 11.8 Å². The van der Waals surface area contributed by atoms with Crippen molar-refractivity contribution in [2.24, 2.45) is 28.9 Å². The summed E-state index contributed by atoms with van der Waals surface area (Å²) in [6, 6.07) is 0.0557. The van der Waals surface area contributed by atoms with Gasteiger partial charge in [-0.2, -0.15) is 0 Å². The normalized spacial score (nSPS) is 31.2. The summed E-state index contributed by atoms with van der Waals surface area (Å²) < 4.78 is 11.4. The average Bonchev–Trinajstić information content (AvgIpc) is 3.02. The molecule has 5 rings (SSSR count). The molecule has 4 fully saturated rings. The highest BCUT2D eigenvalue weighted by atomic mass is 32.2. The van der Waals surface area contributed by atoms with Gasteiger partial charge in [-0.3, -0.25) is 9.59 Å². The molecule has 32 heavy (non-hydrogen) atoms. The van der Waals surface area contributed by atoms with Crippen molar-refractivity contribution in [3.05, 3.63) is 5.76 Å². The number of aromatic nitrogens is 1. The molecular formula is C23H35N3O5S. The molecule has 2 atom stereocenters. The Morgan fingerprint density at radius 3 is 2.53 bits per heavy atom. The molecule has 0 aliphatic heterocycles. The molecule has 4 N–H and O–H groups in total. The lowest BCUT2D eigenvalue weighted by Crippen LogP contribution is -2.61. The molecule has 0 radical (unpaired) electrons. The minimum atomic E-state index is -0.540. The fraction of sp³-hybridized carbons (Fsp3) is 0.783. The highest BCUT2D eigenvalue weighted by Crippen LogP contribution is 2.55. The SMILES string of the molecule is CC(C)Sc1c(OCC(C)(C)CC(N)=O)noc1C(=O)N[C@H]1C2CC3CC1C[C@](O)(C3)C2. The van der Waals surface area contributed by atoms with E-state index in [1.165, 1.54) is 11.8 Å². The minimum Gasteiger partial charge on any atom is -0.474 e. The summed E-state index contributed by atoms with van der Waals surface area (Å²) in [5, 5.41) is 18.2. The molecule has 4 aliphatic carbocycles. The average molecular weight is 466 g/mol. The van der Waals surface area contributed by atoms with Gasteiger partial charge in [0.2, 0.25) is 11.7 Å². The van der Waals surface area contributed by atoms with E-state index < -0.39 is 16.9 Å². The van der Waals surface area contributed by atoms with Gasteiger partial charge in [0.15, 0.2) is 0 Å². The summed E-state index contributed by atoms with van der Waals surface area (Å²) in [6.45, 7) is 8.06. The van der Waals surface area contributed by atoms with Gasteiger partial charge >= 0.3 is 0 Å². The first-order valence-corrected chi connectivity index (χ1v) is 12.4. The van der Waals surface area contributed by atoms with Gasteiger partial charge in [0.1, 0.15) is 4.90 Å². The first-order valence-electron chi connectivity index (χ1n) is 11.6. The van der Waals surface area contributed by atoms with E-state index in [1.807, 2.05) is 27.7 Å². The lowest BCUT2D eigenvalue weighted by molar-refractivity contribution is -0.137. The van der Waals surface area contributed by atoms with Gasteiger partial charge in [0, 0.05) is 23.1 Å².